The first-order chi connectivity index (χ1) is 27.3. The largest absolute Gasteiger partial charge is 0.372 e. The molecule has 0 unspecified atom stereocenters. The summed E-state index contributed by atoms with van der Waals surface area (Å²) < 4.78 is 2.29. The van der Waals surface area contributed by atoms with Crippen molar-refractivity contribution in [3.8, 4) is 0 Å². The molecule has 1 aromatic carbocycles. The minimum absolute atomic E-state index is 1.11. The van der Waals surface area contributed by atoms with Crippen molar-refractivity contribution < 1.29 is 4.57 Å². The molecule has 0 saturated carbocycles. The van der Waals surface area contributed by atoms with Crippen LogP contribution in [0.25, 0.3) is 12.2 Å². The lowest BCUT2D eigenvalue weighted by molar-refractivity contribution is -0.697. The zero-order valence-electron chi connectivity index (χ0n) is 37.3. The summed E-state index contributed by atoms with van der Waals surface area (Å²) in [5, 5.41) is 0. The van der Waals surface area contributed by atoms with Crippen LogP contribution >= 0.6 is 0 Å². The summed E-state index contributed by atoms with van der Waals surface area (Å²) in [6.07, 6.45) is 57.3. The van der Waals surface area contributed by atoms with E-state index in [9.17, 15) is 0 Å². The van der Waals surface area contributed by atoms with Crippen molar-refractivity contribution >= 4 is 17.8 Å². The topological polar surface area (TPSA) is 7.12 Å². The molecule has 314 valence electrons. The van der Waals surface area contributed by atoms with Gasteiger partial charge in [0.25, 0.3) is 0 Å². The second-order valence-corrected chi connectivity index (χ2v) is 17.2. The smallest absolute Gasteiger partial charge is 0.169 e. The fourth-order valence-electron chi connectivity index (χ4n) is 8.13. The van der Waals surface area contributed by atoms with Gasteiger partial charge in [-0.15, -0.1) is 0 Å². The Balaban J connectivity index is 1.66. The standard InChI is InChI=1S/C53H93N2/c1-4-7-10-12-14-16-18-20-22-24-26-28-30-32-34-36-47-55(48-37-35-33-31-29-27-25-23-21-19-17-15-13-11-8-5-2)53-42-40-51(41-43-53)38-39-52-44-49-54(50-45-52)46-9-6-3/h38-45,49-50H,4-37,46-48H2,1-3H3/q+1. The minimum atomic E-state index is 1.11. The average Bonchev–Trinajstić information content (AvgIpc) is 3.21. The van der Waals surface area contributed by atoms with Crippen molar-refractivity contribution in [1.29, 1.82) is 0 Å². The summed E-state index contributed by atoms with van der Waals surface area (Å²) in [7, 11) is 0. The van der Waals surface area contributed by atoms with Crippen molar-refractivity contribution in [2.45, 2.75) is 246 Å². The van der Waals surface area contributed by atoms with Crippen LogP contribution in [-0.4, -0.2) is 13.1 Å². The van der Waals surface area contributed by atoms with Gasteiger partial charge in [0.05, 0.1) is 0 Å². The zero-order chi connectivity index (χ0) is 39.1. The molecule has 0 N–H and O–H groups in total. The third kappa shape index (κ3) is 28.9. The van der Waals surface area contributed by atoms with E-state index in [0.717, 1.165) is 6.54 Å². The fraction of sp³-hybridized carbons (Fsp3) is 0.755. The van der Waals surface area contributed by atoms with Crippen LogP contribution in [0.2, 0.25) is 0 Å². The maximum Gasteiger partial charge on any atom is 0.169 e. The first-order valence-corrected chi connectivity index (χ1v) is 24.8. The Bertz CT molecular complexity index is 1050. The predicted molar refractivity (Wildman–Crippen MR) is 248 cm³/mol. The van der Waals surface area contributed by atoms with Crippen LogP contribution in [0, 0.1) is 0 Å². The zero-order valence-corrected chi connectivity index (χ0v) is 37.3. The van der Waals surface area contributed by atoms with Crippen LogP contribution in [0.1, 0.15) is 250 Å². The summed E-state index contributed by atoms with van der Waals surface area (Å²) in [5.41, 5.74) is 3.97. The van der Waals surface area contributed by atoms with Gasteiger partial charge in [0.2, 0.25) is 0 Å². The Morgan fingerprint density at radius 1 is 0.345 bits per heavy atom. The number of unbranched alkanes of at least 4 members (excludes halogenated alkanes) is 31. The van der Waals surface area contributed by atoms with E-state index in [1.165, 1.54) is 248 Å². The molecule has 0 saturated heterocycles. The number of rotatable bonds is 40. The Hall–Kier alpha value is -2.09. The quantitative estimate of drug-likeness (QED) is 0.0485. The number of hydrogen-bond donors (Lipinski definition) is 0. The van der Waals surface area contributed by atoms with Gasteiger partial charge in [-0.2, -0.15) is 0 Å². The van der Waals surface area contributed by atoms with Crippen molar-refractivity contribution in [3.63, 3.8) is 0 Å². The molecule has 0 aliphatic carbocycles. The van der Waals surface area contributed by atoms with Crippen LogP contribution in [-0.2, 0) is 6.54 Å². The van der Waals surface area contributed by atoms with Crippen LogP contribution in [0.3, 0.4) is 0 Å². The van der Waals surface area contributed by atoms with E-state index in [2.05, 4.69) is 91.2 Å². The number of nitrogens with zero attached hydrogens (tertiary/aromatic N) is 2. The number of aryl methyl sites for hydroxylation is 1. The van der Waals surface area contributed by atoms with Gasteiger partial charge < -0.3 is 4.90 Å². The first-order valence-electron chi connectivity index (χ1n) is 24.8. The lowest BCUT2D eigenvalue weighted by Crippen LogP contribution is -2.32. The highest BCUT2D eigenvalue weighted by atomic mass is 15.1. The predicted octanol–water partition coefficient (Wildman–Crippen LogP) is 17.3. The SMILES string of the molecule is CCCCCCCCCCCCCCCCCCN(CCCCCCCCCCCCCCCCCC)c1ccc(/C=C/c2cc[n+](CCCC)cc2)cc1. The fourth-order valence-corrected chi connectivity index (χ4v) is 8.13. The monoisotopic (exact) mass is 758 g/mol. The molecule has 0 fully saturated rings. The average molecular weight is 758 g/mol. The molecule has 0 aliphatic rings. The van der Waals surface area contributed by atoms with E-state index in [1.54, 1.807) is 0 Å². The first kappa shape index (κ1) is 49.1. The lowest BCUT2D eigenvalue weighted by Gasteiger charge is -2.25. The van der Waals surface area contributed by atoms with Crippen LogP contribution in [0.15, 0.2) is 48.8 Å². The minimum Gasteiger partial charge on any atom is -0.372 e. The Morgan fingerprint density at radius 2 is 0.636 bits per heavy atom. The molecular weight excluding hydrogens is 665 g/mol. The van der Waals surface area contributed by atoms with Crippen molar-refractivity contribution in [2.75, 3.05) is 18.0 Å². The molecular formula is C53H93N2+. The molecule has 2 heteroatoms. The van der Waals surface area contributed by atoms with Gasteiger partial charge in [-0.1, -0.05) is 244 Å². The van der Waals surface area contributed by atoms with Crippen LogP contribution in [0.4, 0.5) is 5.69 Å². The lowest BCUT2D eigenvalue weighted by atomic mass is 10.0. The van der Waals surface area contributed by atoms with E-state index in [4.69, 9.17) is 0 Å². The van der Waals surface area contributed by atoms with Gasteiger partial charge in [0, 0.05) is 37.3 Å². The summed E-state index contributed by atoms with van der Waals surface area (Å²) in [4.78, 5) is 2.70. The molecule has 2 aromatic rings. The molecule has 0 radical (unpaired) electrons. The third-order valence-electron chi connectivity index (χ3n) is 12.0. The van der Waals surface area contributed by atoms with Gasteiger partial charge in [0.15, 0.2) is 12.4 Å². The maximum absolute atomic E-state index is 2.70. The van der Waals surface area contributed by atoms with Gasteiger partial charge in [-0.25, -0.2) is 4.57 Å². The van der Waals surface area contributed by atoms with E-state index < -0.39 is 0 Å². The number of pyridine rings is 1. The molecule has 0 aliphatic heterocycles. The molecule has 1 aromatic heterocycles. The van der Waals surface area contributed by atoms with Crippen molar-refractivity contribution in [2.24, 2.45) is 0 Å². The van der Waals surface area contributed by atoms with Crippen molar-refractivity contribution in [3.05, 3.63) is 59.9 Å². The normalized spacial score (nSPS) is 11.6. The molecule has 0 spiro atoms. The van der Waals surface area contributed by atoms with Gasteiger partial charge >= 0.3 is 0 Å². The second kappa shape index (κ2) is 37.5. The number of benzene rings is 1. The van der Waals surface area contributed by atoms with E-state index in [1.807, 2.05) is 0 Å². The van der Waals surface area contributed by atoms with E-state index in [-0.39, 0.29) is 0 Å². The van der Waals surface area contributed by atoms with Gasteiger partial charge in [0.1, 0.15) is 6.54 Å². The van der Waals surface area contributed by atoms with E-state index >= 15 is 0 Å². The van der Waals surface area contributed by atoms with Gasteiger partial charge in [-0.05, 0) is 36.1 Å². The Morgan fingerprint density at radius 3 is 0.964 bits per heavy atom. The Labute approximate surface area is 344 Å². The summed E-state index contributed by atoms with van der Waals surface area (Å²) in [5.74, 6) is 0. The molecule has 55 heavy (non-hydrogen) atoms. The maximum atomic E-state index is 2.70. The highest BCUT2D eigenvalue weighted by Gasteiger charge is 2.07. The number of aromatic nitrogens is 1. The number of anilines is 1. The van der Waals surface area contributed by atoms with E-state index in [0.29, 0.717) is 0 Å². The molecule has 2 rings (SSSR count). The summed E-state index contributed by atoms with van der Waals surface area (Å²) in [6.45, 7) is 10.4. The molecule has 0 atom stereocenters. The third-order valence-corrected chi connectivity index (χ3v) is 12.0. The molecule has 0 amide bonds. The van der Waals surface area contributed by atoms with Crippen LogP contribution in [0.5, 0.6) is 0 Å². The Kier molecular flexibility index (Phi) is 33.4. The second-order valence-electron chi connectivity index (χ2n) is 17.2. The highest BCUT2D eigenvalue weighted by molar-refractivity contribution is 5.70. The van der Waals surface area contributed by atoms with Crippen LogP contribution < -0.4 is 9.47 Å². The summed E-state index contributed by atoms with van der Waals surface area (Å²) in [6, 6.07) is 13.9. The van der Waals surface area contributed by atoms with Gasteiger partial charge in [-0.3, -0.25) is 0 Å². The van der Waals surface area contributed by atoms with Crippen molar-refractivity contribution in [1.82, 2.24) is 0 Å². The highest BCUT2D eigenvalue weighted by Crippen LogP contribution is 2.21. The summed E-state index contributed by atoms with van der Waals surface area (Å²) >= 11 is 0. The molecule has 0 bridgehead atoms. The molecule has 1 heterocycles. The number of hydrogen-bond acceptors (Lipinski definition) is 1. The molecule has 2 nitrogen and oxygen atoms in total.